The Labute approximate surface area is 251 Å². The van der Waals surface area contributed by atoms with Crippen LogP contribution in [0.1, 0.15) is 73.8 Å². The maximum absolute atomic E-state index is 13.6. The van der Waals surface area contributed by atoms with Crippen LogP contribution in [0.4, 0.5) is 0 Å². The molecule has 0 amide bonds. The van der Waals surface area contributed by atoms with Crippen molar-refractivity contribution in [2.24, 2.45) is 17.0 Å². The highest BCUT2D eigenvalue weighted by molar-refractivity contribution is 5.77. The molecule has 0 aliphatic rings. The van der Waals surface area contributed by atoms with Crippen molar-refractivity contribution in [2.45, 2.75) is 72.7 Å². The molecular formula is C35H47N3O4. The van der Waals surface area contributed by atoms with E-state index in [0.29, 0.717) is 31.8 Å². The molecule has 0 saturated carbocycles. The van der Waals surface area contributed by atoms with E-state index >= 15 is 0 Å². The first kappa shape index (κ1) is 32.7. The Morgan fingerprint density at radius 1 is 0.976 bits per heavy atom. The average Bonchev–Trinajstić information content (AvgIpc) is 2.98. The summed E-state index contributed by atoms with van der Waals surface area (Å²) in [5.41, 5.74) is 11.5. The number of aryl methyl sites for hydroxylation is 1. The zero-order valence-electron chi connectivity index (χ0n) is 25.8. The number of carbonyl (C=O) groups excluding carboxylic acids is 1. The second-order valence-electron chi connectivity index (χ2n) is 11.3. The highest BCUT2D eigenvalue weighted by atomic mass is 16.5. The van der Waals surface area contributed by atoms with E-state index < -0.39 is 5.41 Å². The summed E-state index contributed by atoms with van der Waals surface area (Å²) in [6.45, 7) is 9.96. The van der Waals surface area contributed by atoms with Gasteiger partial charge in [-0.3, -0.25) is 4.79 Å². The number of carbonyl (C=O) groups is 1. The lowest BCUT2D eigenvalue weighted by Gasteiger charge is -2.33. The number of nitrogens with zero attached hydrogens (tertiary/aromatic N) is 1. The fourth-order valence-corrected chi connectivity index (χ4v) is 4.97. The summed E-state index contributed by atoms with van der Waals surface area (Å²) in [4.78, 5) is 13.6. The van der Waals surface area contributed by atoms with Gasteiger partial charge >= 0.3 is 5.97 Å². The van der Waals surface area contributed by atoms with Crippen molar-refractivity contribution < 1.29 is 19.0 Å². The normalized spacial score (nSPS) is 12.6. The molecule has 0 fully saturated rings. The number of nitrogens with two attached hydrogens (primary N) is 2. The van der Waals surface area contributed by atoms with Crippen LogP contribution in [-0.2, 0) is 34.1 Å². The van der Waals surface area contributed by atoms with E-state index in [1.165, 1.54) is 0 Å². The van der Waals surface area contributed by atoms with E-state index in [0.717, 1.165) is 46.5 Å². The maximum atomic E-state index is 13.6. The molecule has 3 rings (SSSR count). The Morgan fingerprint density at radius 3 is 2.33 bits per heavy atom. The smallest absolute Gasteiger partial charge is 0.312 e. The molecule has 0 saturated heterocycles. The molecule has 0 radical (unpaired) electrons. The predicted octanol–water partition coefficient (Wildman–Crippen LogP) is 6.74. The van der Waals surface area contributed by atoms with E-state index in [4.69, 9.17) is 25.8 Å². The second kappa shape index (κ2) is 16.0. The van der Waals surface area contributed by atoms with Crippen molar-refractivity contribution in [1.82, 2.24) is 5.01 Å². The average molecular weight is 574 g/mol. The highest BCUT2D eigenvalue weighted by Gasteiger charge is 2.39. The standard InChI is InChI=1S/C35H47N3O4/c1-6-20-38(37)22-31(36)16-19-33(35(3,4)34(39)42-24-27-10-8-7-9-11-27)29-15-12-26(2)30(21-29)25-41-23-28-13-17-32(40-5)18-14-28/h7-15,17-18,21-22,33H,6,16,19-20,23-25,36-37H2,1-5H3/b31-22-. The molecular weight excluding hydrogens is 526 g/mol. The van der Waals surface area contributed by atoms with Crippen LogP contribution in [-0.4, -0.2) is 24.6 Å². The van der Waals surface area contributed by atoms with Gasteiger partial charge < -0.3 is 25.0 Å². The van der Waals surface area contributed by atoms with E-state index in [1.54, 1.807) is 18.3 Å². The van der Waals surface area contributed by atoms with Gasteiger partial charge in [-0.1, -0.05) is 67.6 Å². The van der Waals surface area contributed by atoms with Gasteiger partial charge in [-0.25, -0.2) is 5.84 Å². The van der Waals surface area contributed by atoms with Crippen LogP contribution in [0.15, 0.2) is 84.7 Å². The summed E-state index contributed by atoms with van der Waals surface area (Å²) in [6.07, 6.45) is 3.96. The van der Waals surface area contributed by atoms with Gasteiger partial charge in [0.25, 0.3) is 0 Å². The van der Waals surface area contributed by atoms with Gasteiger partial charge in [0.1, 0.15) is 12.4 Å². The number of hydrogen-bond donors (Lipinski definition) is 2. The third-order valence-corrected chi connectivity index (χ3v) is 7.61. The molecule has 0 heterocycles. The quantitative estimate of drug-likeness (QED) is 0.111. The van der Waals surface area contributed by atoms with Crippen LogP contribution in [0, 0.1) is 12.3 Å². The monoisotopic (exact) mass is 573 g/mol. The molecule has 3 aromatic rings. The van der Waals surface area contributed by atoms with Gasteiger partial charge in [0.2, 0.25) is 0 Å². The summed E-state index contributed by atoms with van der Waals surface area (Å²) in [5, 5.41) is 1.62. The van der Waals surface area contributed by atoms with E-state index in [9.17, 15) is 4.79 Å². The molecule has 7 nitrogen and oxygen atoms in total. The fourth-order valence-electron chi connectivity index (χ4n) is 4.97. The zero-order chi connectivity index (χ0) is 30.5. The zero-order valence-corrected chi connectivity index (χ0v) is 25.8. The predicted molar refractivity (Wildman–Crippen MR) is 168 cm³/mol. The van der Waals surface area contributed by atoms with Crippen molar-refractivity contribution >= 4 is 5.97 Å². The Morgan fingerprint density at radius 2 is 1.67 bits per heavy atom. The second-order valence-corrected chi connectivity index (χ2v) is 11.3. The summed E-state index contributed by atoms with van der Waals surface area (Å²) in [6, 6.07) is 24.0. The SMILES string of the molecule is CCCN(N)/C=C(\N)CCC(c1ccc(C)c(COCc2ccc(OC)cc2)c1)C(C)(C)C(=O)OCc1ccccc1. The van der Waals surface area contributed by atoms with Crippen molar-refractivity contribution in [2.75, 3.05) is 13.7 Å². The summed E-state index contributed by atoms with van der Waals surface area (Å²) in [7, 11) is 1.66. The number of hydrogen-bond acceptors (Lipinski definition) is 7. The number of hydrazine groups is 1. The summed E-state index contributed by atoms with van der Waals surface area (Å²) < 4.78 is 17.2. The van der Waals surface area contributed by atoms with Gasteiger partial charge in [0.05, 0.1) is 25.7 Å². The molecule has 226 valence electrons. The Bertz CT molecular complexity index is 1290. The minimum absolute atomic E-state index is 0.147. The van der Waals surface area contributed by atoms with Crippen LogP contribution in [0.25, 0.3) is 0 Å². The van der Waals surface area contributed by atoms with E-state index in [-0.39, 0.29) is 18.5 Å². The Balaban J connectivity index is 1.80. The molecule has 1 unspecified atom stereocenters. The van der Waals surface area contributed by atoms with Crippen LogP contribution >= 0.6 is 0 Å². The van der Waals surface area contributed by atoms with Gasteiger partial charge in [0.15, 0.2) is 0 Å². The minimum Gasteiger partial charge on any atom is -0.497 e. The van der Waals surface area contributed by atoms with Gasteiger partial charge in [-0.15, -0.1) is 0 Å². The highest BCUT2D eigenvalue weighted by Crippen LogP contribution is 2.41. The first-order valence-electron chi connectivity index (χ1n) is 14.6. The van der Waals surface area contributed by atoms with Crippen LogP contribution in [0.5, 0.6) is 5.75 Å². The number of benzene rings is 3. The number of ether oxygens (including phenoxy) is 3. The Kier molecular flexibility index (Phi) is 12.5. The molecule has 7 heteroatoms. The molecule has 0 aromatic heterocycles. The molecule has 3 aromatic carbocycles. The Hall–Kier alpha value is -3.81. The van der Waals surface area contributed by atoms with Crippen LogP contribution in [0.3, 0.4) is 0 Å². The van der Waals surface area contributed by atoms with E-state index in [2.05, 4.69) is 32.0 Å². The lowest BCUT2D eigenvalue weighted by Crippen LogP contribution is -2.34. The number of allylic oxidation sites excluding steroid dienone is 1. The van der Waals surface area contributed by atoms with Gasteiger partial charge in [0, 0.05) is 18.4 Å². The van der Waals surface area contributed by atoms with Crippen LogP contribution in [0.2, 0.25) is 0 Å². The third kappa shape index (κ3) is 9.64. The first-order chi connectivity index (χ1) is 20.1. The minimum atomic E-state index is -0.808. The molecule has 0 aliphatic carbocycles. The maximum Gasteiger partial charge on any atom is 0.312 e. The van der Waals surface area contributed by atoms with Crippen molar-refractivity contribution in [1.29, 1.82) is 0 Å². The van der Waals surface area contributed by atoms with Crippen LogP contribution < -0.4 is 16.3 Å². The largest absolute Gasteiger partial charge is 0.497 e. The fraction of sp³-hybridized carbons (Fsp3) is 0.400. The van der Waals surface area contributed by atoms with Gasteiger partial charge in [-0.05, 0) is 85.9 Å². The number of esters is 1. The lowest BCUT2D eigenvalue weighted by atomic mass is 9.72. The van der Waals surface area contributed by atoms with Crippen molar-refractivity contribution in [3.05, 3.63) is 113 Å². The molecule has 1 atom stereocenters. The molecule has 4 N–H and O–H groups in total. The lowest BCUT2D eigenvalue weighted by molar-refractivity contribution is -0.156. The molecule has 0 aliphatic heterocycles. The summed E-state index contributed by atoms with van der Waals surface area (Å²) in [5.74, 6) is 6.48. The molecule has 0 spiro atoms. The van der Waals surface area contributed by atoms with E-state index in [1.807, 2.05) is 68.4 Å². The number of methoxy groups -OCH3 is 1. The number of rotatable bonds is 16. The summed E-state index contributed by atoms with van der Waals surface area (Å²) >= 11 is 0. The molecule has 42 heavy (non-hydrogen) atoms. The third-order valence-electron chi connectivity index (χ3n) is 7.61. The topological polar surface area (TPSA) is 100 Å². The first-order valence-corrected chi connectivity index (χ1v) is 14.6. The van der Waals surface area contributed by atoms with Gasteiger partial charge in [-0.2, -0.15) is 0 Å². The molecule has 0 bridgehead atoms. The van der Waals surface area contributed by atoms with Crippen molar-refractivity contribution in [3.63, 3.8) is 0 Å². The van der Waals surface area contributed by atoms with Crippen molar-refractivity contribution in [3.8, 4) is 5.75 Å².